The largest absolute Gasteiger partial charge is 0.378 e. The van der Waals surface area contributed by atoms with Crippen LogP contribution in [-0.2, 0) is 0 Å². The second-order valence-corrected chi connectivity index (χ2v) is 5.54. The predicted molar refractivity (Wildman–Crippen MR) is 74.8 cm³/mol. The van der Waals surface area contributed by atoms with E-state index in [0.717, 1.165) is 52.4 Å². The molecule has 4 N–H and O–H groups in total. The van der Waals surface area contributed by atoms with Crippen LogP contribution in [0.3, 0.4) is 0 Å². The molecular weight excluding hydrogens is 244 g/mol. The van der Waals surface area contributed by atoms with Gasteiger partial charge in [0.05, 0.1) is 0 Å². The molecule has 2 unspecified atom stereocenters. The van der Waals surface area contributed by atoms with Gasteiger partial charge < -0.3 is 20.8 Å². The van der Waals surface area contributed by atoms with E-state index in [-0.39, 0.29) is 0 Å². The summed E-state index contributed by atoms with van der Waals surface area (Å²) in [6, 6.07) is 0. The van der Waals surface area contributed by atoms with E-state index in [4.69, 9.17) is 0 Å². The van der Waals surface area contributed by atoms with Gasteiger partial charge in [-0.05, 0) is 6.42 Å². The highest BCUT2D eigenvalue weighted by atomic mass is 16.3. The van der Waals surface area contributed by atoms with Gasteiger partial charge in [-0.15, -0.1) is 0 Å². The minimum absolute atomic E-state index is 0.406. The van der Waals surface area contributed by atoms with Crippen molar-refractivity contribution in [2.45, 2.75) is 31.7 Å². The van der Waals surface area contributed by atoms with E-state index in [1.807, 2.05) is 6.92 Å². The van der Waals surface area contributed by atoms with Gasteiger partial charge in [0.25, 0.3) is 0 Å². The summed E-state index contributed by atoms with van der Waals surface area (Å²) >= 11 is 0. The molecule has 6 heteroatoms. The number of hydrogen-bond donors (Lipinski definition) is 4. The molecule has 0 bridgehead atoms. The normalized spacial score (nSPS) is 27.9. The van der Waals surface area contributed by atoms with Gasteiger partial charge in [-0.1, -0.05) is 6.92 Å². The average molecular weight is 272 g/mol. The molecule has 0 spiro atoms. The van der Waals surface area contributed by atoms with Crippen LogP contribution in [0.1, 0.15) is 19.8 Å². The molecule has 2 aliphatic heterocycles. The Balaban J connectivity index is 1.92. The van der Waals surface area contributed by atoms with E-state index in [1.165, 1.54) is 0 Å². The summed E-state index contributed by atoms with van der Waals surface area (Å²) in [6.45, 7) is 9.03. The Kier molecular flexibility index (Phi) is 5.56. The lowest BCUT2D eigenvalue weighted by Gasteiger charge is -2.44. The van der Waals surface area contributed by atoms with E-state index in [9.17, 15) is 10.2 Å². The molecule has 19 heavy (non-hydrogen) atoms. The number of nitrogens with zero attached hydrogens (tertiary/aromatic N) is 2. The molecule has 2 atom stereocenters. The standard InChI is InChI=1S/C13H28N4O2/c1-2-13(19,17-9-5-15-6-10-17)11-12(18)16-7-3-14-4-8-16/h12,14-15,18-19H,2-11H2,1H3. The van der Waals surface area contributed by atoms with Crippen LogP contribution in [0.25, 0.3) is 0 Å². The van der Waals surface area contributed by atoms with Crippen molar-refractivity contribution in [2.24, 2.45) is 0 Å². The fraction of sp³-hybridized carbons (Fsp3) is 1.00. The van der Waals surface area contributed by atoms with Crippen LogP contribution in [-0.4, -0.2) is 84.3 Å². The highest BCUT2D eigenvalue weighted by Crippen LogP contribution is 2.24. The van der Waals surface area contributed by atoms with Crippen LogP contribution in [0.4, 0.5) is 0 Å². The minimum Gasteiger partial charge on any atom is -0.378 e. The Morgan fingerprint density at radius 2 is 1.58 bits per heavy atom. The molecule has 2 fully saturated rings. The fourth-order valence-corrected chi connectivity index (χ4v) is 2.98. The van der Waals surface area contributed by atoms with Crippen molar-refractivity contribution in [1.82, 2.24) is 20.4 Å². The van der Waals surface area contributed by atoms with Crippen LogP contribution in [0.15, 0.2) is 0 Å². The molecule has 0 aromatic carbocycles. The lowest BCUT2D eigenvalue weighted by Crippen LogP contribution is -2.59. The van der Waals surface area contributed by atoms with Gasteiger partial charge >= 0.3 is 0 Å². The van der Waals surface area contributed by atoms with Crippen LogP contribution >= 0.6 is 0 Å². The number of aliphatic hydroxyl groups excluding tert-OH is 1. The number of rotatable bonds is 5. The van der Waals surface area contributed by atoms with Crippen LogP contribution in [0.2, 0.25) is 0 Å². The number of nitrogens with one attached hydrogen (secondary N) is 2. The van der Waals surface area contributed by atoms with Crippen molar-refractivity contribution >= 4 is 0 Å². The first-order valence-corrected chi connectivity index (χ1v) is 7.47. The van der Waals surface area contributed by atoms with Crippen molar-refractivity contribution < 1.29 is 10.2 Å². The molecule has 2 saturated heterocycles. The Hall–Kier alpha value is -0.240. The number of piperazine rings is 2. The van der Waals surface area contributed by atoms with Crippen molar-refractivity contribution in [3.05, 3.63) is 0 Å². The van der Waals surface area contributed by atoms with E-state index >= 15 is 0 Å². The molecule has 0 amide bonds. The third-order valence-corrected chi connectivity index (χ3v) is 4.35. The monoisotopic (exact) mass is 272 g/mol. The van der Waals surface area contributed by atoms with Crippen LogP contribution < -0.4 is 10.6 Å². The summed E-state index contributed by atoms with van der Waals surface area (Å²) in [5.74, 6) is 0. The number of aliphatic hydroxyl groups is 2. The fourth-order valence-electron chi connectivity index (χ4n) is 2.98. The first-order valence-electron chi connectivity index (χ1n) is 7.47. The third kappa shape index (κ3) is 3.87. The molecule has 2 heterocycles. The van der Waals surface area contributed by atoms with Gasteiger partial charge in [-0.25, -0.2) is 0 Å². The van der Waals surface area contributed by atoms with Crippen LogP contribution in [0.5, 0.6) is 0 Å². The molecule has 0 aliphatic carbocycles. The SMILES string of the molecule is CCC(O)(CC(O)N1CCNCC1)N1CCNCC1. The summed E-state index contributed by atoms with van der Waals surface area (Å²) in [5.41, 5.74) is -0.883. The Morgan fingerprint density at radius 1 is 1.05 bits per heavy atom. The summed E-state index contributed by atoms with van der Waals surface area (Å²) in [6.07, 6.45) is 0.501. The predicted octanol–water partition coefficient (Wildman–Crippen LogP) is -1.40. The highest BCUT2D eigenvalue weighted by Gasteiger charge is 2.37. The molecule has 0 aromatic heterocycles. The van der Waals surface area contributed by atoms with Crippen molar-refractivity contribution in [3.8, 4) is 0 Å². The molecule has 2 rings (SSSR count). The maximum Gasteiger partial charge on any atom is 0.122 e. The molecule has 0 aromatic rings. The summed E-state index contributed by atoms with van der Waals surface area (Å²) < 4.78 is 0. The summed E-state index contributed by atoms with van der Waals surface area (Å²) in [7, 11) is 0. The second-order valence-electron chi connectivity index (χ2n) is 5.54. The lowest BCUT2D eigenvalue weighted by atomic mass is 10.0. The van der Waals surface area contributed by atoms with E-state index in [1.54, 1.807) is 0 Å². The quantitative estimate of drug-likeness (QED) is 0.494. The molecule has 0 saturated carbocycles. The van der Waals surface area contributed by atoms with Gasteiger partial charge in [0.15, 0.2) is 0 Å². The Bertz CT molecular complexity index is 267. The topological polar surface area (TPSA) is 71.0 Å². The highest BCUT2D eigenvalue weighted by molar-refractivity contribution is 4.85. The minimum atomic E-state index is -0.883. The summed E-state index contributed by atoms with van der Waals surface area (Å²) in [5, 5.41) is 27.8. The first-order chi connectivity index (χ1) is 9.15. The number of hydrogen-bond acceptors (Lipinski definition) is 6. The third-order valence-electron chi connectivity index (χ3n) is 4.35. The summed E-state index contributed by atoms with van der Waals surface area (Å²) in [4.78, 5) is 4.16. The van der Waals surface area contributed by atoms with E-state index in [2.05, 4.69) is 20.4 Å². The van der Waals surface area contributed by atoms with Gasteiger partial charge in [-0.2, -0.15) is 0 Å². The molecule has 112 valence electrons. The zero-order valence-electron chi connectivity index (χ0n) is 11.9. The van der Waals surface area contributed by atoms with Gasteiger partial charge in [0, 0.05) is 58.8 Å². The Labute approximate surface area is 115 Å². The zero-order chi connectivity index (χ0) is 13.7. The first kappa shape index (κ1) is 15.2. The van der Waals surface area contributed by atoms with Crippen molar-refractivity contribution in [3.63, 3.8) is 0 Å². The van der Waals surface area contributed by atoms with Gasteiger partial charge in [0.1, 0.15) is 12.0 Å². The molecule has 6 nitrogen and oxygen atoms in total. The van der Waals surface area contributed by atoms with Gasteiger partial charge in [-0.3, -0.25) is 9.80 Å². The lowest BCUT2D eigenvalue weighted by molar-refractivity contribution is -0.160. The van der Waals surface area contributed by atoms with E-state index < -0.39 is 12.0 Å². The Morgan fingerprint density at radius 3 is 2.11 bits per heavy atom. The van der Waals surface area contributed by atoms with Crippen molar-refractivity contribution in [1.29, 1.82) is 0 Å². The van der Waals surface area contributed by atoms with Crippen molar-refractivity contribution in [2.75, 3.05) is 52.4 Å². The van der Waals surface area contributed by atoms with Gasteiger partial charge in [0.2, 0.25) is 0 Å². The smallest absolute Gasteiger partial charge is 0.122 e. The molecule has 0 radical (unpaired) electrons. The molecular formula is C13H28N4O2. The average Bonchev–Trinajstić information content (AvgIpc) is 2.49. The second kappa shape index (κ2) is 6.97. The van der Waals surface area contributed by atoms with Crippen LogP contribution in [0, 0.1) is 0 Å². The maximum absolute atomic E-state index is 10.8. The maximum atomic E-state index is 10.8. The zero-order valence-corrected chi connectivity index (χ0v) is 11.9. The molecule has 2 aliphatic rings. The van der Waals surface area contributed by atoms with E-state index in [0.29, 0.717) is 12.8 Å².